The summed E-state index contributed by atoms with van der Waals surface area (Å²) < 4.78 is 6.51. The number of rotatable bonds is 4. The molecule has 242 valence electrons. The van der Waals surface area contributed by atoms with Crippen LogP contribution in [0.4, 0.5) is 0 Å². The van der Waals surface area contributed by atoms with Crippen molar-refractivity contribution in [3.05, 3.63) is 216 Å². The molecule has 0 N–H and O–H groups in total. The molecular weight excluding hydrogens is 629 g/mol. The van der Waals surface area contributed by atoms with E-state index in [0.29, 0.717) is 0 Å². The van der Waals surface area contributed by atoms with Crippen molar-refractivity contribution in [2.24, 2.45) is 0 Å². The normalized spacial score (nSPS) is 13.2. The van der Waals surface area contributed by atoms with Gasteiger partial charge >= 0.3 is 0 Å². The summed E-state index contributed by atoms with van der Waals surface area (Å²) in [5.74, 6) is 0. The number of benzene rings is 9. The molecule has 0 aliphatic heterocycles. The molecule has 52 heavy (non-hydrogen) atoms. The minimum Gasteiger partial charge on any atom is -0.456 e. The molecule has 1 heteroatoms. The third kappa shape index (κ3) is 4.05. The van der Waals surface area contributed by atoms with Gasteiger partial charge in [-0.3, -0.25) is 0 Å². The molecule has 0 atom stereocenters. The van der Waals surface area contributed by atoms with E-state index in [0.717, 1.165) is 21.9 Å². The van der Waals surface area contributed by atoms with Crippen molar-refractivity contribution in [1.82, 2.24) is 0 Å². The van der Waals surface area contributed by atoms with Gasteiger partial charge in [0.15, 0.2) is 0 Å². The minimum atomic E-state index is -0.496. The second-order valence-corrected chi connectivity index (χ2v) is 14.0. The Bertz CT molecular complexity index is 2950. The van der Waals surface area contributed by atoms with Gasteiger partial charge in [0.25, 0.3) is 0 Å². The molecule has 1 aliphatic rings. The Labute approximate surface area is 302 Å². The fourth-order valence-corrected chi connectivity index (χ4v) is 9.14. The Kier molecular flexibility index (Phi) is 6.23. The summed E-state index contributed by atoms with van der Waals surface area (Å²) in [5, 5.41) is 7.16. The van der Waals surface area contributed by atoms with Crippen molar-refractivity contribution in [3.8, 4) is 33.4 Å². The Morgan fingerprint density at radius 3 is 1.73 bits per heavy atom. The van der Waals surface area contributed by atoms with Crippen LogP contribution in [0.5, 0.6) is 0 Å². The second kappa shape index (κ2) is 11.2. The largest absolute Gasteiger partial charge is 0.456 e. The first-order valence-corrected chi connectivity index (χ1v) is 18.0. The number of furan rings is 1. The zero-order valence-corrected chi connectivity index (χ0v) is 28.4. The third-order valence-electron chi connectivity index (χ3n) is 11.3. The molecule has 0 fully saturated rings. The number of hydrogen-bond donors (Lipinski definition) is 0. The van der Waals surface area contributed by atoms with E-state index in [1.165, 1.54) is 77.2 Å². The molecule has 0 saturated heterocycles. The molecular formula is C51H32O. The van der Waals surface area contributed by atoms with E-state index in [1.807, 2.05) is 0 Å². The zero-order chi connectivity index (χ0) is 34.2. The van der Waals surface area contributed by atoms with E-state index in [1.54, 1.807) is 0 Å². The van der Waals surface area contributed by atoms with Gasteiger partial charge in [-0.15, -0.1) is 0 Å². The smallest absolute Gasteiger partial charge is 0.136 e. The quantitative estimate of drug-likeness (QED) is 0.183. The van der Waals surface area contributed by atoms with Crippen molar-refractivity contribution >= 4 is 43.5 Å². The highest BCUT2D eigenvalue weighted by Gasteiger charge is 2.47. The molecule has 1 nitrogen and oxygen atoms in total. The van der Waals surface area contributed by atoms with Crippen LogP contribution in [-0.4, -0.2) is 0 Å². The van der Waals surface area contributed by atoms with Crippen LogP contribution in [0.2, 0.25) is 0 Å². The first-order chi connectivity index (χ1) is 25.8. The van der Waals surface area contributed by atoms with Crippen LogP contribution >= 0.6 is 0 Å². The zero-order valence-electron chi connectivity index (χ0n) is 28.4. The predicted molar refractivity (Wildman–Crippen MR) is 217 cm³/mol. The molecule has 0 radical (unpaired) electrons. The van der Waals surface area contributed by atoms with Gasteiger partial charge in [0.1, 0.15) is 11.2 Å². The van der Waals surface area contributed by atoms with Crippen LogP contribution in [0.3, 0.4) is 0 Å². The lowest BCUT2D eigenvalue weighted by Crippen LogP contribution is -2.28. The molecule has 0 unspecified atom stereocenters. The van der Waals surface area contributed by atoms with Gasteiger partial charge in [-0.25, -0.2) is 0 Å². The predicted octanol–water partition coefficient (Wildman–Crippen LogP) is 13.6. The van der Waals surface area contributed by atoms with Gasteiger partial charge in [-0.2, -0.15) is 0 Å². The highest BCUT2D eigenvalue weighted by Crippen LogP contribution is 2.59. The molecule has 9 aromatic carbocycles. The summed E-state index contributed by atoms with van der Waals surface area (Å²) in [5.41, 5.74) is 13.9. The van der Waals surface area contributed by atoms with Crippen LogP contribution < -0.4 is 0 Å². The molecule has 1 aliphatic carbocycles. The van der Waals surface area contributed by atoms with Gasteiger partial charge < -0.3 is 4.42 Å². The lowest BCUT2D eigenvalue weighted by molar-refractivity contribution is 0.669. The average Bonchev–Trinajstić information content (AvgIpc) is 3.73. The maximum Gasteiger partial charge on any atom is 0.136 e. The van der Waals surface area contributed by atoms with Crippen LogP contribution in [0, 0.1) is 0 Å². The number of hydrogen-bond acceptors (Lipinski definition) is 1. The molecule has 10 aromatic rings. The van der Waals surface area contributed by atoms with Crippen molar-refractivity contribution < 1.29 is 4.42 Å². The molecule has 0 amide bonds. The van der Waals surface area contributed by atoms with E-state index in [4.69, 9.17) is 4.42 Å². The molecule has 0 saturated carbocycles. The molecule has 11 rings (SSSR count). The van der Waals surface area contributed by atoms with Crippen LogP contribution in [-0.2, 0) is 5.41 Å². The fraction of sp³-hybridized carbons (Fsp3) is 0.0196. The second-order valence-electron chi connectivity index (χ2n) is 14.0. The van der Waals surface area contributed by atoms with E-state index in [2.05, 4.69) is 194 Å². The minimum absolute atomic E-state index is 0.496. The van der Waals surface area contributed by atoms with Crippen LogP contribution in [0.25, 0.3) is 76.9 Å². The van der Waals surface area contributed by atoms with Gasteiger partial charge in [0, 0.05) is 10.8 Å². The van der Waals surface area contributed by atoms with Gasteiger partial charge in [0.2, 0.25) is 0 Å². The first-order valence-electron chi connectivity index (χ1n) is 18.0. The molecule has 0 spiro atoms. The standard InChI is InChI=1S/C51H32O/c1-4-15-33(16-5-1)48-41-28-27-36(40-24-14-26-46-49(40)43-30-34-17-10-11-18-35(34)32-47(43)52-46)29-37(41)31-45-50(48)42-23-12-13-25-44(42)51(45,38-19-6-2-7-20-38)39-21-8-3-9-22-39/h1-32H. The highest BCUT2D eigenvalue weighted by molar-refractivity contribution is 6.17. The first kappa shape index (κ1) is 29.1. The topological polar surface area (TPSA) is 13.1 Å². The lowest BCUT2D eigenvalue weighted by atomic mass is 9.67. The highest BCUT2D eigenvalue weighted by atomic mass is 16.3. The van der Waals surface area contributed by atoms with Crippen molar-refractivity contribution in [2.75, 3.05) is 0 Å². The van der Waals surface area contributed by atoms with E-state index < -0.39 is 5.41 Å². The Hall–Kier alpha value is -6.70. The molecule has 0 bridgehead atoms. The van der Waals surface area contributed by atoms with E-state index >= 15 is 0 Å². The summed E-state index contributed by atoms with van der Waals surface area (Å²) in [7, 11) is 0. The summed E-state index contributed by atoms with van der Waals surface area (Å²) in [6.45, 7) is 0. The maximum atomic E-state index is 6.51. The monoisotopic (exact) mass is 660 g/mol. The third-order valence-corrected chi connectivity index (χ3v) is 11.3. The van der Waals surface area contributed by atoms with Gasteiger partial charge in [-0.05, 0) is 108 Å². The fourth-order valence-electron chi connectivity index (χ4n) is 9.14. The Morgan fingerprint density at radius 2 is 0.981 bits per heavy atom. The summed E-state index contributed by atoms with van der Waals surface area (Å²) in [6, 6.07) is 71.1. The van der Waals surface area contributed by atoms with Crippen molar-refractivity contribution in [1.29, 1.82) is 0 Å². The lowest BCUT2D eigenvalue weighted by Gasteiger charge is -2.34. The van der Waals surface area contributed by atoms with Gasteiger partial charge in [-0.1, -0.05) is 164 Å². The Balaban J connectivity index is 1.26. The average molecular weight is 661 g/mol. The summed E-state index contributed by atoms with van der Waals surface area (Å²) >= 11 is 0. The van der Waals surface area contributed by atoms with Crippen molar-refractivity contribution in [2.45, 2.75) is 5.41 Å². The number of fused-ring (bicyclic) bond motifs is 8. The van der Waals surface area contributed by atoms with E-state index in [9.17, 15) is 0 Å². The van der Waals surface area contributed by atoms with E-state index in [-0.39, 0.29) is 0 Å². The molecule has 1 aromatic heterocycles. The van der Waals surface area contributed by atoms with Crippen LogP contribution in [0.1, 0.15) is 22.3 Å². The van der Waals surface area contributed by atoms with Crippen molar-refractivity contribution in [3.63, 3.8) is 0 Å². The summed E-state index contributed by atoms with van der Waals surface area (Å²) in [6.07, 6.45) is 0. The maximum absolute atomic E-state index is 6.51. The van der Waals surface area contributed by atoms with Gasteiger partial charge in [0.05, 0.1) is 5.41 Å². The Morgan fingerprint density at radius 1 is 0.346 bits per heavy atom. The van der Waals surface area contributed by atoms with Crippen LogP contribution in [0.15, 0.2) is 199 Å². The summed E-state index contributed by atoms with van der Waals surface area (Å²) in [4.78, 5) is 0. The molecule has 1 heterocycles. The SMILES string of the molecule is c1ccc(-c2c3c(cc4cc(-c5cccc6oc7cc8ccccc8cc7c56)ccc24)C(c2ccccc2)(c2ccccc2)c2ccccc2-3)cc1.